The molecule has 0 amide bonds. The van der Waals surface area contributed by atoms with Gasteiger partial charge in [-0.05, 0) is 174 Å². The molecule has 0 spiro atoms. The lowest BCUT2D eigenvalue weighted by atomic mass is 9.80. The molecular formula is C69H54N2. The van der Waals surface area contributed by atoms with Gasteiger partial charge in [0, 0.05) is 33.9 Å². The second kappa shape index (κ2) is 17.5. The summed E-state index contributed by atoms with van der Waals surface area (Å²) in [7, 11) is 0. The smallest absolute Gasteiger partial charge is 0.0566 e. The highest BCUT2D eigenvalue weighted by atomic mass is 15.2. The van der Waals surface area contributed by atoms with Crippen LogP contribution in [-0.2, 0) is 11.8 Å². The number of nitrogens with zero attached hydrogens (tertiary/aromatic N) is 2. The monoisotopic (exact) mass is 910 g/mol. The molecule has 10 aromatic carbocycles. The van der Waals surface area contributed by atoms with Crippen molar-refractivity contribution in [3.8, 4) is 44.5 Å². The molecular weight excluding hydrogens is 857 g/mol. The van der Waals surface area contributed by atoms with Gasteiger partial charge in [0.25, 0.3) is 0 Å². The molecule has 340 valence electrons. The van der Waals surface area contributed by atoms with Crippen LogP contribution in [0.2, 0.25) is 0 Å². The molecule has 3 aliphatic carbocycles. The van der Waals surface area contributed by atoms with Crippen molar-refractivity contribution in [2.24, 2.45) is 0 Å². The Morgan fingerprint density at radius 3 is 1.76 bits per heavy atom. The highest BCUT2D eigenvalue weighted by Crippen LogP contribution is 2.50. The number of para-hydroxylation sites is 3. The van der Waals surface area contributed by atoms with Crippen LogP contribution in [0.4, 0.5) is 28.4 Å². The molecule has 10 aromatic rings. The molecule has 0 bridgehead atoms. The van der Waals surface area contributed by atoms with Crippen LogP contribution in [0.15, 0.2) is 231 Å². The van der Waals surface area contributed by atoms with Crippen LogP contribution in [0.3, 0.4) is 0 Å². The first-order valence-electron chi connectivity index (χ1n) is 25.2. The first kappa shape index (κ1) is 42.6. The first-order chi connectivity index (χ1) is 35.0. The third-order valence-corrected chi connectivity index (χ3v) is 15.4. The summed E-state index contributed by atoms with van der Waals surface area (Å²) >= 11 is 0. The molecule has 0 N–H and O–H groups in total. The molecule has 13 rings (SSSR count). The number of anilines is 5. The Morgan fingerprint density at radius 1 is 0.437 bits per heavy atom. The van der Waals surface area contributed by atoms with Crippen molar-refractivity contribution in [2.45, 2.75) is 44.6 Å². The van der Waals surface area contributed by atoms with Gasteiger partial charge in [-0.3, -0.25) is 0 Å². The van der Waals surface area contributed by atoms with Crippen LogP contribution < -0.4 is 20.2 Å². The Bertz CT molecular complexity index is 3760. The van der Waals surface area contributed by atoms with Gasteiger partial charge < -0.3 is 9.80 Å². The van der Waals surface area contributed by atoms with Crippen LogP contribution in [0, 0.1) is 0 Å². The molecule has 0 saturated carbocycles. The minimum atomic E-state index is -0.151. The predicted octanol–water partition coefficient (Wildman–Crippen LogP) is 16.7. The Kier molecular flexibility index (Phi) is 10.5. The molecule has 2 nitrogen and oxygen atoms in total. The SMILES string of the molecule is CC1(C)c2ccccc2-c2ccc(-c3c4c(c(-c5ccc(-c6ccccc6)cc5)c5cc(N(c6ccccc6)c6ccccc6)ccc35)=CCC(N(c3ccccc3)c3ccc5c(c3)CCC=C5)C=4)cc21. The van der Waals surface area contributed by atoms with Crippen molar-refractivity contribution in [1.82, 2.24) is 0 Å². The summed E-state index contributed by atoms with van der Waals surface area (Å²) in [6, 6.07) is 83.3. The van der Waals surface area contributed by atoms with E-state index in [9.17, 15) is 0 Å². The second-order valence-electron chi connectivity index (χ2n) is 19.9. The Morgan fingerprint density at radius 2 is 1.03 bits per heavy atom. The molecule has 0 aliphatic heterocycles. The summed E-state index contributed by atoms with van der Waals surface area (Å²) in [6.07, 6.45) is 12.7. The van der Waals surface area contributed by atoms with Crippen LogP contribution in [0.25, 0.3) is 73.5 Å². The van der Waals surface area contributed by atoms with Gasteiger partial charge in [0.2, 0.25) is 0 Å². The average Bonchev–Trinajstić information content (AvgIpc) is 3.66. The zero-order valence-corrected chi connectivity index (χ0v) is 40.3. The van der Waals surface area contributed by atoms with Gasteiger partial charge in [0.05, 0.1) is 6.04 Å². The van der Waals surface area contributed by atoms with E-state index >= 15 is 0 Å². The fraction of sp³-hybridized carbons (Fsp3) is 0.101. The standard InChI is InChI=1S/C69H54N2/c1-69(2)65-30-18-17-29-59(65)60-40-36-52(44-66(60)69)68-62-42-38-57(70(53-23-9-4-10-24-53)54-25-11-5-12-26-54)45-63(62)67(50-33-31-49(32-34-50)47-19-7-3-8-20-47)61-41-39-58(46-64(61)68)71(55-27-13-6-14-28-55)56-37-35-48-21-15-16-22-51(48)43-56/h3-15,17-21,23-38,40-46,58H,16,22,39H2,1-2H3. The summed E-state index contributed by atoms with van der Waals surface area (Å²) in [5.74, 6) is 0. The predicted molar refractivity (Wildman–Crippen MR) is 301 cm³/mol. The summed E-state index contributed by atoms with van der Waals surface area (Å²) in [4.78, 5) is 4.98. The fourth-order valence-corrected chi connectivity index (χ4v) is 12.0. The van der Waals surface area contributed by atoms with E-state index in [0.717, 1.165) is 36.3 Å². The molecule has 3 aliphatic rings. The molecule has 0 fully saturated rings. The number of fused-ring (bicyclic) bond motifs is 6. The van der Waals surface area contributed by atoms with Gasteiger partial charge >= 0.3 is 0 Å². The lowest BCUT2D eigenvalue weighted by molar-refractivity contribution is 0.660. The van der Waals surface area contributed by atoms with Crippen LogP contribution in [0.1, 0.15) is 48.9 Å². The Labute approximate surface area is 417 Å². The molecule has 0 heterocycles. The second-order valence-corrected chi connectivity index (χ2v) is 19.9. The highest BCUT2D eigenvalue weighted by Gasteiger charge is 2.36. The van der Waals surface area contributed by atoms with Crippen molar-refractivity contribution < 1.29 is 0 Å². The lowest BCUT2D eigenvalue weighted by Gasteiger charge is -2.34. The molecule has 0 aromatic heterocycles. The van der Waals surface area contributed by atoms with Gasteiger partial charge in [-0.2, -0.15) is 0 Å². The van der Waals surface area contributed by atoms with E-state index in [1.54, 1.807) is 0 Å². The Hall–Kier alpha value is -8.46. The molecule has 71 heavy (non-hydrogen) atoms. The maximum Gasteiger partial charge on any atom is 0.0566 e. The summed E-state index contributed by atoms with van der Waals surface area (Å²) < 4.78 is 0. The van der Waals surface area contributed by atoms with E-state index in [1.807, 2.05) is 0 Å². The van der Waals surface area contributed by atoms with Crippen LogP contribution in [-0.4, -0.2) is 6.04 Å². The summed E-state index contributed by atoms with van der Waals surface area (Å²) in [5, 5.41) is 5.03. The number of hydrogen-bond acceptors (Lipinski definition) is 2. The zero-order chi connectivity index (χ0) is 47.5. The minimum Gasteiger partial charge on any atom is -0.334 e. The fourth-order valence-electron chi connectivity index (χ4n) is 12.0. The van der Waals surface area contributed by atoms with E-state index in [2.05, 4.69) is 272 Å². The maximum atomic E-state index is 2.61. The quantitative estimate of drug-likeness (QED) is 0.142. The number of benzene rings is 10. The molecule has 1 unspecified atom stereocenters. The van der Waals surface area contributed by atoms with Gasteiger partial charge in [-0.1, -0.05) is 196 Å². The third-order valence-electron chi connectivity index (χ3n) is 15.4. The van der Waals surface area contributed by atoms with Crippen molar-refractivity contribution in [3.63, 3.8) is 0 Å². The van der Waals surface area contributed by atoms with Gasteiger partial charge in [0.1, 0.15) is 0 Å². The number of allylic oxidation sites excluding steroid dienone is 1. The molecule has 0 radical (unpaired) electrons. The van der Waals surface area contributed by atoms with Gasteiger partial charge in [0.15, 0.2) is 0 Å². The Balaban J connectivity index is 1.11. The lowest BCUT2D eigenvalue weighted by Crippen LogP contribution is -2.40. The number of hydrogen-bond donors (Lipinski definition) is 0. The summed E-state index contributed by atoms with van der Waals surface area (Å²) in [6.45, 7) is 4.79. The zero-order valence-electron chi connectivity index (χ0n) is 40.3. The van der Waals surface area contributed by atoms with Crippen molar-refractivity contribution >= 4 is 57.4 Å². The summed E-state index contributed by atoms with van der Waals surface area (Å²) in [5.41, 5.74) is 21.2. The van der Waals surface area contributed by atoms with Crippen molar-refractivity contribution in [3.05, 3.63) is 263 Å². The minimum absolute atomic E-state index is 0.0487. The maximum absolute atomic E-state index is 2.61. The van der Waals surface area contributed by atoms with Gasteiger partial charge in [-0.15, -0.1) is 0 Å². The molecule has 1 atom stereocenters. The largest absolute Gasteiger partial charge is 0.334 e. The van der Waals surface area contributed by atoms with E-state index in [0.29, 0.717) is 0 Å². The van der Waals surface area contributed by atoms with Crippen molar-refractivity contribution in [1.29, 1.82) is 0 Å². The van der Waals surface area contributed by atoms with Gasteiger partial charge in [-0.25, -0.2) is 0 Å². The topological polar surface area (TPSA) is 6.48 Å². The third kappa shape index (κ3) is 7.41. The van der Waals surface area contributed by atoms with E-state index in [1.165, 1.54) is 99.3 Å². The first-order valence-corrected chi connectivity index (χ1v) is 25.2. The highest BCUT2D eigenvalue weighted by molar-refractivity contribution is 6.08. The van der Waals surface area contributed by atoms with Crippen LogP contribution in [0.5, 0.6) is 0 Å². The molecule has 2 heteroatoms. The normalized spacial score (nSPS) is 14.9. The van der Waals surface area contributed by atoms with E-state index in [-0.39, 0.29) is 11.5 Å². The number of rotatable bonds is 9. The van der Waals surface area contributed by atoms with Crippen LogP contribution >= 0.6 is 0 Å². The van der Waals surface area contributed by atoms with E-state index < -0.39 is 0 Å². The average molecular weight is 911 g/mol. The molecule has 0 saturated heterocycles. The number of aryl methyl sites for hydroxylation is 1. The van der Waals surface area contributed by atoms with Crippen molar-refractivity contribution in [2.75, 3.05) is 9.80 Å². The van der Waals surface area contributed by atoms with E-state index in [4.69, 9.17) is 0 Å².